The average Bonchev–Trinajstić information content (AvgIpc) is 2.25. The highest BCUT2D eigenvalue weighted by atomic mass is 31.2. The van der Waals surface area contributed by atoms with E-state index in [1.165, 1.54) is 44.9 Å². The molecule has 0 aliphatic heterocycles. The Kier molecular flexibility index (Phi) is 11.1. The number of hydrogen-bond donors (Lipinski definition) is 0. The molecule has 0 radical (unpaired) electrons. The Morgan fingerprint density at radius 2 is 1.16 bits per heavy atom. The highest BCUT2D eigenvalue weighted by Crippen LogP contribution is 2.49. The molecule has 0 bridgehead atoms. The van der Waals surface area contributed by atoms with Gasteiger partial charge in [-0.05, 0) is 18.3 Å². The molecule has 0 saturated heterocycles. The topological polar surface area (TPSA) is 17.1 Å². The third-order valence-corrected chi connectivity index (χ3v) is 7.49. The van der Waals surface area contributed by atoms with Crippen molar-refractivity contribution in [1.82, 2.24) is 0 Å². The summed E-state index contributed by atoms with van der Waals surface area (Å²) >= 11 is 0. The fourth-order valence-electron chi connectivity index (χ4n) is 2.95. The summed E-state index contributed by atoms with van der Waals surface area (Å²) in [6, 6.07) is 0. The summed E-state index contributed by atoms with van der Waals surface area (Å²) in [6.07, 6.45) is 12.2. The van der Waals surface area contributed by atoms with Gasteiger partial charge in [0.15, 0.2) is 0 Å². The van der Waals surface area contributed by atoms with E-state index in [-0.39, 0.29) is 0 Å². The summed E-state index contributed by atoms with van der Waals surface area (Å²) in [4.78, 5) is 0. The quantitative estimate of drug-likeness (QED) is 0.299. The zero-order valence-corrected chi connectivity index (χ0v) is 15.0. The van der Waals surface area contributed by atoms with Crippen LogP contribution >= 0.6 is 7.14 Å². The number of unbranched alkanes of at least 4 members (excludes halogenated alkanes) is 6. The van der Waals surface area contributed by atoms with Gasteiger partial charge in [-0.1, -0.05) is 73.1 Å². The zero-order valence-electron chi connectivity index (χ0n) is 14.1. The third-order valence-electron chi connectivity index (χ3n) is 3.56. The van der Waals surface area contributed by atoms with E-state index >= 15 is 0 Å². The van der Waals surface area contributed by atoms with Crippen LogP contribution in [0, 0.1) is 11.8 Å². The van der Waals surface area contributed by atoms with Crippen LogP contribution in [0.5, 0.6) is 0 Å². The molecule has 0 aliphatic carbocycles. The molecule has 0 aliphatic rings. The van der Waals surface area contributed by atoms with E-state index in [0.29, 0.717) is 11.8 Å². The minimum Gasteiger partial charge on any atom is -0.324 e. The van der Waals surface area contributed by atoms with E-state index in [2.05, 4.69) is 34.6 Å². The molecule has 0 rings (SSSR count). The number of rotatable bonds is 12. The third kappa shape index (κ3) is 11.7. The zero-order chi connectivity index (χ0) is 14.7. The SMILES string of the molecule is CCCCCCCCCP(=O)(CC(C)C)CC(C)C. The van der Waals surface area contributed by atoms with Gasteiger partial charge in [0.25, 0.3) is 0 Å². The molecule has 116 valence electrons. The predicted molar refractivity (Wildman–Crippen MR) is 89.9 cm³/mol. The van der Waals surface area contributed by atoms with Crippen LogP contribution in [0.2, 0.25) is 0 Å². The van der Waals surface area contributed by atoms with Crippen molar-refractivity contribution in [1.29, 1.82) is 0 Å². The minimum atomic E-state index is -1.89. The lowest BCUT2D eigenvalue weighted by molar-refractivity contribution is 0.549. The van der Waals surface area contributed by atoms with Gasteiger partial charge >= 0.3 is 0 Å². The molecule has 1 nitrogen and oxygen atoms in total. The van der Waals surface area contributed by atoms with E-state index < -0.39 is 7.14 Å². The van der Waals surface area contributed by atoms with E-state index in [1.807, 2.05) is 0 Å². The standard InChI is InChI=1S/C17H37OP/c1-6-7-8-9-10-11-12-13-19(18,14-16(2)3)15-17(4)5/h16-17H,6-15H2,1-5H3. The molecule has 0 aromatic heterocycles. The van der Waals surface area contributed by atoms with Crippen LogP contribution in [0.4, 0.5) is 0 Å². The Morgan fingerprint density at radius 1 is 0.737 bits per heavy atom. The van der Waals surface area contributed by atoms with E-state index in [9.17, 15) is 4.57 Å². The molecule has 0 aromatic carbocycles. The molecule has 0 aromatic rings. The second-order valence-electron chi connectivity index (χ2n) is 7.06. The second-order valence-corrected chi connectivity index (χ2v) is 10.3. The van der Waals surface area contributed by atoms with Gasteiger partial charge in [-0.25, -0.2) is 0 Å². The van der Waals surface area contributed by atoms with Gasteiger partial charge in [-0.15, -0.1) is 0 Å². The van der Waals surface area contributed by atoms with Crippen molar-refractivity contribution in [2.45, 2.75) is 79.6 Å². The normalized spacial score (nSPS) is 12.6. The molecular weight excluding hydrogens is 251 g/mol. The lowest BCUT2D eigenvalue weighted by Crippen LogP contribution is -2.09. The first kappa shape index (κ1) is 19.2. The van der Waals surface area contributed by atoms with Crippen molar-refractivity contribution in [3.05, 3.63) is 0 Å². The highest BCUT2D eigenvalue weighted by Gasteiger charge is 2.23. The molecule has 2 heteroatoms. The van der Waals surface area contributed by atoms with Crippen molar-refractivity contribution in [2.75, 3.05) is 18.5 Å². The van der Waals surface area contributed by atoms with Crippen molar-refractivity contribution in [3.63, 3.8) is 0 Å². The van der Waals surface area contributed by atoms with Crippen LogP contribution in [0.3, 0.4) is 0 Å². The summed E-state index contributed by atoms with van der Waals surface area (Å²) in [5.74, 6) is 1.16. The summed E-state index contributed by atoms with van der Waals surface area (Å²) in [5, 5.41) is 0. The van der Waals surface area contributed by atoms with Gasteiger partial charge in [-0.2, -0.15) is 0 Å². The van der Waals surface area contributed by atoms with Crippen LogP contribution in [0.15, 0.2) is 0 Å². The summed E-state index contributed by atoms with van der Waals surface area (Å²) in [5.41, 5.74) is 0. The van der Waals surface area contributed by atoms with E-state index in [1.54, 1.807) is 0 Å². The predicted octanol–water partition coefficient (Wildman–Crippen LogP) is 6.41. The number of hydrogen-bond acceptors (Lipinski definition) is 1. The monoisotopic (exact) mass is 288 g/mol. The van der Waals surface area contributed by atoms with Crippen LogP contribution in [-0.2, 0) is 4.57 Å². The van der Waals surface area contributed by atoms with E-state index in [0.717, 1.165) is 18.5 Å². The van der Waals surface area contributed by atoms with Crippen molar-refractivity contribution < 1.29 is 4.57 Å². The van der Waals surface area contributed by atoms with Crippen molar-refractivity contribution in [3.8, 4) is 0 Å². The second kappa shape index (κ2) is 11.0. The first-order valence-corrected chi connectivity index (χ1v) is 10.7. The molecule has 0 saturated carbocycles. The molecule has 0 fully saturated rings. The fourth-order valence-corrected chi connectivity index (χ4v) is 6.92. The van der Waals surface area contributed by atoms with Crippen LogP contribution < -0.4 is 0 Å². The summed E-state index contributed by atoms with van der Waals surface area (Å²) < 4.78 is 13.0. The van der Waals surface area contributed by atoms with Gasteiger partial charge in [0.2, 0.25) is 0 Å². The Hall–Kier alpha value is 0.230. The van der Waals surface area contributed by atoms with Gasteiger partial charge in [0, 0.05) is 18.5 Å². The maximum absolute atomic E-state index is 13.0. The molecule has 0 heterocycles. The summed E-state index contributed by atoms with van der Waals surface area (Å²) in [6.45, 7) is 11.1. The maximum atomic E-state index is 13.0. The first-order chi connectivity index (χ1) is 8.89. The van der Waals surface area contributed by atoms with Gasteiger partial charge in [0.05, 0.1) is 7.14 Å². The molecule has 0 amide bonds. The molecule has 0 N–H and O–H groups in total. The maximum Gasteiger partial charge on any atom is 0.0882 e. The minimum absolute atomic E-state index is 0.578. The smallest absolute Gasteiger partial charge is 0.0882 e. The van der Waals surface area contributed by atoms with Crippen LogP contribution in [0.1, 0.15) is 79.6 Å². The van der Waals surface area contributed by atoms with Gasteiger partial charge in [0.1, 0.15) is 0 Å². The van der Waals surface area contributed by atoms with Gasteiger partial charge < -0.3 is 4.57 Å². The van der Waals surface area contributed by atoms with Gasteiger partial charge in [-0.3, -0.25) is 0 Å². The molecule has 0 unspecified atom stereocenters. The van der Waals surface area contributed by atoms with Crippen LogP contribution in [-0.4, -0.2) is 18.5 Å². The van der Waals surface area contributed by atoms with E-state index in [4.69, 9.17) is 0 Å². The molecule has 0 atom stereocenters. The lowest BCUT2D eigenvalue weighted by atomic mass is 10.1. The Bertz CT molecular complexity index is 232. The highest BCUT2D eigenvalue weighted by molar-refractivity contribution is 7.63. The van der Waals surface area contributed by atoms with Crippen molar-refractivity contribution >= 4 is 7.14 Å². The molecular formula is C17H37OP. The Labute approximate surface area is 122 Å². The molecule has 19 heavy (non-hydrogen) atoms. The first-order valence-electron chi connectivity index (χ1n) is 8.46. The molecule has 0 spiro atoms. The average molecular weight is 288 g/mol. The lowest BCUT2D eigenvalue weighted by Gasteiger charge is -2.22. The largest absolute Gasteiger partial charge is 0.324 e. The Morgan fingerprint density at radius 3 is 1.58 bits per heavy atom. The van der Waals surface area contributed by atoms with Crippen LogP contribution in [0.25, 0.3) is 0 Å². The fraction of sp³-hybridized carbons (Fsp3) is 1.00. The summed E-state index contributed by atoms with van der Waals surface area (Å²) in [7, 11) is -1.89. The Balaban J connectivity index is 3.90. The van der Waals surface area contributed by atoms with Crippen molar-refractivity contribution in [2.24, 2.45) is 11.8 Å².